The van der Waals surface area contributed by atoms with Gasteiger partial charge in [-0.05, 0) is 17.9 Å². The standard InChI is InChI=1S/C15H19FN2S2/c1-4-19-13-7-5-6-12(16)14(13)15-18-9-11(20-15)8-17-10(2)3/h5-7,9-10,17H,4,8H2,1-3H3. The van der Waals surface area contributed by atoms with Gasteiger partial charge in [-0.15, -0.1) is 23.1 Å². The van der Waals surface area contributed by atoms with E-state index in [1.54, 1.807) is 29.2 Å². The summed E-state index contributed by atoms with van der Waals surface area (Å²) in [6.45, 7) is 7.06. The molecule has 0 amide bonds. The molecular weight excluding hydrogens is 291 g/mol. The molecule has 5 heteroatoms. The Morgan fingerprint density at radius 1 is 1.40 bits per heavy atom. The molecule has 0 fully saturated rings. The zero-order valence-corrected chi connectivity index (χ0v) is 13.6. The lowest BCUT2D eigenvalue weighted by molar-refractivity contribution is 0.593. The molecule has 0 saturated carbocycles. The molecule has 0 aliphatic heterocycles. The molecule has 108 valence electrons. The number of rotatable bonds is 6. The Hall–Kier alpha value is -0.910. The molecule has 1 N–H and O–H groups in total. The van der Waals surface area contributed by atoms with Crippen LogP contribution in [0.3, 0.4) is 0 Å². The third kappa shape index (κ3) is 3.81. The fraction of sp³-hybridized carbons (Fsp3) is 0.400. The third-order valence-corrected chi connectivity index (χ3v) is 4.68. The van der Waals surface area contributed by atoms with Crippen LogP contribution in [0.25, 0.3) is 10.6 Å². The van der Waals surface area contributed by atoms with Gasteiger partial charge in [-0.3, -0.25) is 0 Å². The second kappa shape index (κ2) is 7.20. The van der Waals surface area contributed by atoms with Gasteiger partial charge in [0.05, 0.1) is 5.56 Å². The first-order chi connectivity index (χ1) is 9.61. The van der Waals surface area contributed by atoms with Gasteiger partial charge >= 0.3 is 0 Å². The first-order valence-electron chi connectivity index (χ1n) is 6.71. The summed E-state index contributed by atoms with van der Waals surface area (Å²) in [4.78, 5) is 6.49. The van der Waals surface area contributed by atoms with Crippen LogP contribution in [0.5, 0.6) is 0 Å². The molecule has 0 spiro atoms. The van der Waals surface area contributed by atoms with Gasteiger partial charge in [0.15, 0.2) is 0 Å². The summed E-state index contributed by atoms with van der Waals surface area (Å²) in [5, 5.41) is 4.12. The summed E-state index contributed by atoms with van der Waals surface area (Å²) in [6.07, 6.45) is 1.84. The van der Waals surface area contributed by atoms with E-state index in [-0.39, 0.29) is 5.82 Å². The van der Waals surface area contributed by atoms with Gasteiger partial charge in [0.25, 0.3) is 0 Å². The maximum atomic E-state index is 14.1. The number of benzene rings is 1. The molecule has 1 aromatic heterocycles. The minimum atomic E-state index is -0.193. The number of aromatic nitrogens is 1. The second-order valence-corrected chi connectivity index (χ2v) is 7.13. The van der Waals surface area contributed by atoms with Gasteiger partial charge in [-0.25, -0.2) is 9.37 Å². The van der Waals surface area contributed by atoms with Gasteiger partial charge in [0.2, 0.25) is 0 Å². The van der Waals surface area contributed by atoms with Crippen molar-refractivity contribution in [3.8, 4) is 10.6 Å². The summed E-state index contributed by atoms with van der Waals surface area (Å²) in [5.41, 5.74) is 0.639. The lowest BCUT2D eigenvalue weighted by atomic mass is 10.2. The number of hydrogen-bond acceptors (Lipinski definition) is 4. The number of nitrogens with one attached hydrogen (secondary N) is 1. The van der Waals surface area contributed by atoms with E-state index in [9.17, 15) is 4.39 Å². The fourth-order valence-electron chi connectivity index (χ4n) is 1.80. The molecule has 0 unspecified atom stereocenters. The van der Waals surface area contributed by atoms with E-state index in [0.29, 0.717) is 11.6 Å². The normalized spacial score (nSPS) is 11.2. The summed E-state index contributed by atoms with van der Waals surface area (Å²) in [7, 11) is 0. The van der Waals surface area contributed by atoms with E-state index in [0.717, 1.165) is 27.1 Å². The van der Waals surface area contributed by atoms with E-state index in [2.05, 4.69) is 31.1 Å². The van der Waals surface area contributed by atoms with Crippen LogP contribution in [0, 0.1) is 5.82 Å². The Labute approximate surface area is 127 Å². The van der Waals surface area contributed by atoms with Crippen molar-refractivity contribution >= 4 is 23.1 Å². The van der Waals surface area contributed by atoms with Gasteiger partial charge in [-0.2, -0.15) is 0 Å². The van der Waals surface area contributed by atoms with E-state index in [1.165, 1.54) is 6.07 Å². The average molecular weight is 310 g/mol. The summed E-state index contributed by atoms with van der Waals surface area (Å²) in [5.74, 6) is 0.727. The second-order valence-electron chi connectivity index (χ2n) is 4.71. The Morgan fingerprint density at radius 2 is 2.20 bits per heavy atom. The number of thioether (sulfide) groups is 1. The van der Waals surface area contributed by atoms with Crippen molar-refractivity contribution in [1.82, 2.24) is 10.3 Å². The minimum absolute atomic E-state index is 0.193. The number of nitrogens with zero attached hydrogens (tertiary/aromatic N) is 1. The van der Waals surface area contributed by atoms with Crippen molar-refractivity contribution < 1.29 is 4.39 Å². The molecule has 2 aromatic rings. The van der Waals surface area contributed by atoms with Gasteiger partial charge in [0.1, 0.15) is 10.8 Å². The first kappa shape index (κ1) is 15.5. The molecule has 0 bridgehead atoms. The molecule has 0 aliphatic carbocycles. The molecule has 0 radical (unpaired) electrons. The Kier molecular flexibility index (Phi) is 5.57. The quantitative estimate of drug-likeness (QED) is 0.792. The highest BCUT2D eigenvalue weighted by atomic mass is 32.2. The Balaban J connectivity index is 2.27. The monoisotopic (exact) mass is 310 g/mol. The largest absolute Gasteiger partial charge is 0.310 e. The van der Waals surface area contributed by atoms with E-state index in [4.69, 9.17) is 0 Å². The summed E-state index contributed by atoms with van der Waals surface area (Å²) >= 11 is 3.20. The zero-order valence-electron chi connectivity index (χ0n) is 11.9. The molecule has 20 heavy (non-hydrogen) atoms. The van der Waals surface area contributed by atoms with Crippen molar-refractivity contribution in [1.29, 1.82) is 0 Å². The van der Waals surface area contributed by atoms with Crippen LogP contribution in [-0.2, 0) is 6.54 Å². The van der Waals surface area contributed by atoms with Crippen LogP contribution in [0.1, 0.15) is 25.6 Å². The highest BCUT2D eigenvalue weighted by Crippen LogP contribution is 2.35. The lowest BCUT2D eigenvalue weighted by Gasteiger charge is -2.07. The van der Waals surface area contributed by atoms with Crippen molar-refractivity contribution in [2.45, 2.75) is 38.3 Å². The number of thiazole rings is 1. The van der Waals surface area contributed by atoms with E-state index < -0.39 is 0 Å². The van der Waals surface area contributed by atoms with Crippen LogP contribution in [0.4, 0.5) is 4.39 Å². The molecule has 2 nitrogen and oxygen atoms in total. The van der Waals surface area contributed by atoms with Crippen molar-refractivity contribution in [3.05, 3.63) is 35.1 Å². The van der Waals surface area contributed by atoms with Crippen molar-refractivity contribution in [2.75, 3.05) is 5.75 Å². The molecule has 1 heterocycles. The topological polar surface area (TPSA) is 24.9 Å². The van der Waals surface area contributed by atoms with Crippen LogP contribution >= 0.6 is 23.1 Å². The first-order valence-corrected chi connectivity index (χ1v) is 8.51. The fourth-order valence-corrected chi connectivity index (χ4v) is 3.61. The van der Waals surface area contributed by atoms with E-state index in [1.807, 2.05) is 12.3 Å². The zero-order chi connectivity index (χ0) is 14.5. The maximum Gasteiger partial charge on any atom is 0.134 e. The Bertz CT molecular complexity index is 567. The molecule has 2 rings (SSSR count). The molecule has 0 aliphatic rings. The molecule has 0 atom stereocenters. The van der Waals surface area contributed by atoms with Crippen LogP contribution < -0.4 is 5.32 Å². The van der Waals surface area contributed by atoms with Gasteiger partial charge in [-0.1, -0.05) is 26.8 Å². The Morgan fingerprint density at radius 3 is 2.90 bits per heavy atom. The number of halogens is 1. The molecular formula is C15H19FN2S2. The van der Waals surface area contributed by atoms with Crippen LogP contribution in [-0.4, -0.2) is 16.8 Å². The SMILES string of the molecule is CCSc1cccc(F)c1-c1ncc(CNC(C)C)s1. The third-order valence-electron chi connectivity index (χ3n) is 2.73. The number of hydrogen-bond donors (Lipinski definition) is 1. The van der Waals surface area contributed by atoms with Crippen LogP contribution in [0.15, 0.2) is 29.3 Å². The van der Waals surface area contributed by atoms with Crippen molar-refractivity contribution in [3.63, 3.8) is 0 Å². The smallest absolute Gasteiger partial charge is 0.134 e. The predicted octanol–water partition coefficient (Wildman–Crippen LogP) is 4.56. The van der Waals surface area contributed by atoms with E-state index >= 15 is 0 Å². The maximum absolute atomic E-state index is 14.1. The van der Waals surface area contributed by atoms with Crippen molar-refractivity contribution in [2.24, 2.45) is 0 Å². The molecule has 1 aromatic carbocycles. The van der Waals surface area contributed by atoms with Gasteiger partial charge in [0, 0.05) is 28.6 Å². The highest BCUT2D eigenvalue weighted by Gasteiger charge is 2.14. The lowest BCUT2D eigenvalue weighted by Crippen LogP contribution is -2.21. The molecule has 0 saturated heterocycles. The average Bonchev–Trinajstić information content (AvgIpc) is 2.85. The summed E-state index contributed by atoms with van der Waals surface area (Å²) < 4.78 is 14.1. The minimum Gasteiger partial charge on any atom is -0.310 e. The highest BCUT2D eigenvalue weighted by molar-refractivity contribution is 7.99. The summed E-state index contributed by atoms with van der Waals surface area (Å²) in [6, 6.07) is 5.65. The van der Waals surface area contributed by atoms with Gasteiger partial charge < -0.3 is 5.32 Å². The predicted molar refractivity (Wildman–Crippen MR) is 85.9 cm³/mol. The van der Waals surface area contributed by atoms with Crippen LogP contribution in [0.2, 0.25) is 0 Å².